The first-order chi connectivity index (χ1) is 11.4. The maximum absolute atomic E-state index is 12.1. The number of benzene rings is 2. The van der Waals surface area contributed by atoms with Gasteiger partial charge in [-0.05, 0) is 48.4 Å². The van der Waals surface area contributed by atoms with Crippen molar-refractivity contribution in [2.45, 2.75) is 19.2 Å². The Morgan fingerprint density at radius 1 is 1.08 bits per heavy atom. The van der Waals surface area contributed by atoms with Gasteiger partial charge in [-0.2, -0.15) is 0 Å². The molecule has 2 rings (SSSR count). The van der Waals surface area contributed by atoms with E-state index in [2.05, 4.69) is 10.1 Å². The highest BCUT2D eigenvalue weighted by atomic mass is 19.4. The largest absolute Gasteiger partial charge is 0.573 e. The van der Waals surface area contributed by atoms with Crippen molar-refractivity contribution in [3.05, 3.63) is 54.1 Å². The van der Waals surface area contributed by atoms with Gasteiger partial charge >= 0.3 is 6.36 Å². The van der Waals surface area contributed by atoms with E-state index in [1.54, 1.807) is 7.11 Å². The van der Waals surface area contributed by atoms with E-state index >= 15 is 0 Å². The van der Waals surface area contributed by atoms with Crippen LogP contribution in [-0.2, 0) is 11.2 Å². The molecule has 4 nitrogen and oxygen atoms in total. The van der Waals surface area contributed by atoms with Gasteiger partial charge in [0.15, 0.2) is 0 Å². The number of carbonyl (C=O) groups is 1. The predicted octanol–water partition coefficient (Wildman–Crippen LogP) is 4.17. The minimum absolute atomic E-state index is 0.234. The van der Waals surface area contributed by atoms with Gasteiger partial charge in [0.1, 0.15) is 11.5 Å². The van der Waals surface area contributed by atoms with E-state index in [0.29, 0.717) is 17.9 Å². The summed E-state index contributed by atoms with van der Waals surface area (Å²) in [4.78, 5) is 11.9. The van der Waals surface area contributed by atoms with E-state index in [4.69, 9.17) is 4.74 Å². The van der Waals surface area contributed by atoms with Crippen molar-refractivity contribution in [3.63, 3.8) is 0 Å². The van der Waals surface area contributed by atoms with Gasteiger partial charge in [0.05, 0.1) is 7.11 Å². The summed E-state index contributed by atoms with van der Waals surface area (Å²) in [5.41, 5.74) is 1.36. The highest BCUT2D eigenvalue weighted by Crippen LogP contribution is 2.24. The van der Waals surface area contributed by atoms with Gasteiger partial charge < -0.3 is 14.8 Å². The Hall–Kier alpha value is -2.70. The number of aryl methyl sites for hydroxylation is 1. The quantitative estimate of drug-likeness (QED) is 0.859. The van der Waals surface area contributed by atoms with Crippen molar-refractivity contribution in [2.24, 2.45) is 0 Å². The topological polar surface area (TPSA) is 47.6 Å². The molecular formula is C17H16F3NO3. The molecule has 0 radical (unpaired) electrons. The minimum Gasteiger partial charge on any atom is -0.497 e. The molecule has 2 aromatic carbocycles. The van der Waals surface area contributed by atoms with E-state index in [9.17, 15) is 18.0 Å². The normalized spacial score (nSPS) is 11.0. The molecule has 0 spiro atoms. The lowest BCUT2D eigenvalue weighted by atomic mass is 10.1. The van der Waals surface area contributed by atoms with E-state index in [0.717, 1.165) is 17.7 Å². The number of methoxy groups -OCH3 is 1. The molecule has 0 bridgehead atoms. The zero-order valence-corrected chi connectivity index (χ0v) is 12.9. The number of ether oxygens (including phenoxy) is 2. The van der Waals surface area contributed by atoms with Crippen LogP contribution in [0.25, 0.3) is 0 Å². The number of anilines is 1. The Labute approximate surface area is 137 Å². The minimum atomic E-state index is -4.73. The first kappa shape index (κ1) is 17.7. The smallest absolute Gasteiger partial charge is 0.497 e. The van der Waals surface area contributed by atoms with Crippen molar-refractivity contribution in [3.8, 4) is 11.5 Å². The number of carbonyl (C=O) groups excluding carboxylic acids is 1. The molecule has 0 aromatic heterocycles. The molecule has 0 aliphatic rings. The lowest BCUT2D eigenvalue weighted by Gasteiger charge is -2.10. The van der Waals surface area contributed by atoms with Crippen molar-refractivity contribution < 1.29 is 27.4 Å². The Morgan fingerprint density at radius 3 is 2.42 bits per heavy atom. The highest BCUT2D eigenvalue weighted by Gasteiger charge is 2.30. The summed E-state index contributed by atoms with van der Waals surface area (Å²) in [6, 6.07) is 12.4. The van der Waals surface area contributed by atoms with E-state index in [1.165, 1.54) is 12.1 Å². The third-order valence-electron chi connectivity index (χ3n) is 3.15. The number of alkyl halides is 3. The van der Waals surface area contributed by atoms with E-state index in [1.807, 2.05) is 24.3 Å². The van der Waals surface area contributed by atoms with Gasteiger partial charge in [0.2, 0.25) is 5.91 Å². The fourth-order valence-corrected chi connectivity index (χ4v) is 2.05. The van der Waals surface area contributed by atoms with Gasteiger partial charge in [-0.1, -0.05) is 12.1 Å². The zero-order chi connectivity index (χ0) is 17.6. The maximum atomic E-state index is 12.1. The molecule has 0 aliphatic heterocycles. The summed E-state index contributed by atoms with van der Waals surface area (Å²) in [6.07, 6.45) is -3.96. The second kappa shape index (κ2) is 7.72. The number of rotatable bonds is 6. The first-order valence-corrected chi connectivity index (χ1v) is 7.14. The summed E-state index contributed by atoms with van der Waals surface area (Å²) >= 11 is 0. The van der Waals surface area contributed by atoms with Gasteiger partial charge in [-0.25, -0.2) is 0 Å². The summed E-state index contributed by atoms with van der Waals surface area (Å²) in [6.45, 7) is 0. The van der Waals surface area contributed by atoms with Crippen molar-refractivity contribution >= 4 is 11.6 Å². The second-order valence-electron chi connectivity index (χ2n) is 4.97. The molecule has 0 atom stereocenters. The summed E-state index contributed by atoms with van der Waals surface area (Å²) in [7, 11) is 1.57. The average Bonchev–Trinajstić information content (AvgIpc) is 2.54. The van der Waals surface area contributed by atoms with Crippen LogP contribution in [0.15, 0.2) is 48.5 Å². The molecule has 0 heterocycles. The lowest BCUT2D eigenvalue weighted by Crippen LogP contribution is -2.17. The Bertz CT molecular complexity index is 684. The van der Waals surface area contributed by atoms with Gasteiger partial charge in [0.25, 0.3) is 0 Å². The molecule has 24 heavy (non-hydrogen) atoms. The third-order valence-corrected chi connectivity index (χ3v) is 3.15. The standard InChI is InChI=1S/C17H16F3NO3/c1-23-15-4-2-3-12(11-15)5-10-16(22)21-13-6-8-14(9-7-13)24-17(18,19)20/h2-4,6-9,11H,5,10H2,1H3,(H,21,22). The monoisotopic (exact) mass is 339 g/mol. The van der Waals surface area contributed by atoms with Gasteiger partial charge in [-0.3, -0.25) is 4.79 Å². The maximum Gasteiger partial charge on any atom is 0.573 e. The summed E-state index contributed by atoms with van der Waals surface area (Å²) < 4.78 is 45.1. The Balaban J connectivity index is 1.85. The van der Waals surface area contributed by atoms with E-state index < -0.39 is 6.36 Å². The molecular weight excluding hydrogens is 323 g/mol. The van der Waals surface area contributed by atoms with Crippen molar-refractivity contribution in [2.75, 3.05) is 12.4 Å². The molecule has 7 heteroatoms. The van der Waals surface area contributed by atoms with Crippen LogP contribution in [0.2, 0.25) is 0 Å². The van der Waals surface area contributed by atoms with Crippen LogP contribution in [0.3, 0.4) is 0 Å². The fraction of sp³-hybridized carbons (Fsp3) is 0.235. The number of amides is 1. The highest BCUT2D eigenvalue weighted by molar-refractivity contribution is 5.90. The molecule has 0 fully saturated rings. The average molecular weight is 339 g/mol. The molecule has 1 amide bonds. The number of hydrogen-bond acceptors (Lipinski definition) is 3. The van der Waals surface area contributed by atoms with Crippen LogP contribution in [-0.4, -0.2) is 19.4 Å². The number of halogens is 3. The van der Waals surface area contributed by atoms with Crippen LogP contribution >= 0.6 is 0 Å². The lowest BCUT2D eigenvalue weighted by molar-refractivity contribution is -0.274. The zero-order valence-electron chi connectivity index (χ0n) is 12.9. The first-order valence-electron chi connectivity index (χ1n) is 7.14. The van der Waals surface area contributed by atoms with Crippen LogP contribution in [0.4, 0.5) is 18.9 Å². The third kappa shape index (κ3) is 5.83. The molecule has 0 unspecified atom stereocenters. The van der Waals surface area contributed by atoms with Gasteiger partial charge in [-0.15, -0.1) is 13.2 Å². The van der Waals surface area contributed by atoms with Crippen molar-refractivity contribution in [1.29, 1.82) is 0 Å². The number of hydrogen-bond donors (Lipinski definition) is 1. The Morgan fingerprint density at radius 2 is 1.79 bits per heavy atom. The van der Waals surface area contributed by atoms with Crippen LogP contribution < -0.4 is 14.8 Å². The SMILES string of the molecule is COc1cccc(CCC(=O)Nc2ccc(OC(F)(F)F)cc2)c1. The molecule has 0 saturated heterocycles. The van der Waals surface area contributed by atoms with Crippen molar-refractivity contribution in [1.82, 2.24) is 0 Å². The van der Waals surface area contributed by atoms with Gasteiger partial charge in [0, 0.05) is 12.1 Å². The predicted molar refractivity (Wildman–Crippen MR) is 83.1 cm³/mol. The molecule has 0 aliphatic carbocycles. The molecule has 0 saturated carbocycles. The Kier molecular flexibility index (Phi) is 5.68. The second-order valence-corrected chi connectivity index (χ2v) is 4.97. The fourth-order valence-electron chi connectivity index (χ4n) is 2.05. The molecule has 128 valence electrons. The van der Waals surface area contributed by atoms with E-state index in [-0.39, 0.29) is 18.1 Å². The summed E-state index contributed by atoms with van der Waals surface area (Å²) in [5, 5.41) is 2.62. The summed E-state index contributed by atoms with van der Waals surface area (Å²) in [5.74, 6) is 0.146. The van der Waals surface area contributed by atoms with Crippen LogP contribution in [0.5, 0.6) is 11.5 Å². The van der Waals surface area contributed by atoms with Crippen LogP contribution in [0.1, 0.15) is 12.0 Å². The number of nitrogens with one attached hydrogen (secondary N) is 1. The van der Waals surface area contributed by atoms with Crippen LogP contribution in [0, 0.1) is 0 Å². The molecule has 2 aromatic rings. The molecule has 1 N–H and O–H groups in total.